The molecular formula is C17H17NO3. The molecule has 2 aromatic rings. The van der Waals surface area contributed by atoms with E-state index in [9.17, 15) is 9.59 Å². The van der Waals surface area contributed by atoms with Crippen LogP contribution in [0.25, 0.3) is 0 Å². The minimum absolute atomic E-state index is 0.178. The first-order valence-electron chi connectivity index (χ1n) is 6.74. The van der Waals surface area contributed by atoms with Gasteiger partial charge in [-0.3, -0.25) is 9.59 Å². The Labute approximate surface area is 123 Å². The van der Waals surface area contributed by atoms with E-state index in [0.29, 0.717) is 17.0 Å². The van der Waals surface area contributed by atoms with Gasteiger partial charge in [-0.15, -0.1) is 0 Å². The number of hydrogen-bond acceptors (Lipinski definition) is 3. The molecule has 0 radical (unpaired) electrons. The maximum absolute atomic E-state index is 12.0. The van der Waals surface area contributed by atoms with Crippen molar-refractivity contribution in [3.8, 4) is 5.75 Å². The van der Waals surface area contributed by atoms with E-state index in [1.807, 2.05) is 18.2 Å². The predicted octanol–water partition coefficient (Wildman–Crippen LogP) is 3.50. The maximum Gasteiger partial charge on any atom is 0.313 e. The molecule has 0 aromatic heterocycles. The fraction of sp³-hybridized carbons (Fsp3) is 0.176. The van der Waals surface area contributed by atoms with Gasteiger partial charge >= 0.3 is 5.97 Å². The quantitative estimate of drug-likeness (QED) is 0.690. The monoisotopic (exact) mass is 283 g/mol. The number of esters is 1. The van der Waals surface area contributed by atoms with Crippen LogP contribution in [0.4, 0.5) is 5.69 Å². The lowest BCUT2D eigenvalue weighted by Crippen LogP contribution is -2.15. The number of nitrogens with one attached hydrogen (secondary N) is 1. The highest BCUT2D eigenvalue weighted by molar-refractivity contribution is 6.04. The second-order valence-corrected chi connectivity index (χ2v) is 4.92. The maximum atomic E-state index is 12.0. The van der Waals surface area contributed by atoms with Crippen molar-refractivity contribution in [1.29, 1.82) is 0 Å². The Balaban J connectivity index is 2.00. The first-order valence-corrected chi connectivity index (χ1v) is 6.74. The third-order valence-corrected chi connectivity index (χ3v) is 2.84. The number of benzene rings is 2. The Morgan fingerprint density at radius 2 is 1.57 bits per heavy atom. The second-order valence-electron chi connectivity index (χ2n) is 4.92. The summed E-state index contributed by atoms with van der Waals surface area (Å²) in [6, 6.07) is 15.7. The minimum atomic E-state index is -0.281. The fourth-order valence-electron chi connectivity index (χ4n) is 1.63. The van der Waals surface area contributed by atoms with E-state index in [2.05, 4.69) is 5.32 Å². The van der Waals surface area contributed by atoms with Gasteiger partial charge in [-0.05, 0) is 36.4 Å². The summed E-state index contributed by atoms with van der Waals surface area (Å²) >= 11 is 0. The Bertz CT molecular complexity index is 618. The summed E-state index contributed by atoms with van der Waals surface area (Å²) in [6.45, 7) is 3.55. The standard InChI is InChI=1S/C17H17NO3/c1-12(2)17(20)21-15-10-8-14(9-11-15)18-16(19)13-6-4-3-5-7-13/h3-12H,1-2H3,(H,18,19). The van der Waals surface area contributed by atoms with E-state index < -0.39 is 0 Å². The first-order chi connectivity index (χ1) is 10.1. The van der Waals surface area contributed by atoms with Crippen molar-refractivity contribution < 1.29 is 14.3 Å². The van der Waals surface area contributed by atoms with Crippen molar-refractivity contribution in [3.05, 3.63) is 60.2 Å². The van der Waals surface area contributed by atoms with Crippen molar-refractivity contribution in [2.45, 2.75) is 13.8 Å². The lowest BCUT2D eigenvalue weighted by Gasteiger charge is -2.08. The molecule has 0 aliphatic rings. The molecule has 108 valence electrons. The number of ether oxygens (including phenoxy) is 1. The van der Waals surface area contributed by atoms with Gasteiger partial charge < -0.3 is 10.1 Å². The van der Waals surface area contributed by atoms with Crippen LogP contribution in [-0.2, 0) is 4.79 Å². The molecule has 1 amide bonds. The highest BCUT2D eigenvalue weighted by atomic mass is 16.5. The summed E-state index contributed by atoms with van der Waals surface area (Å²) < 4.78 is 5.17. The van der Waals surface area contributed by atoms with E-state index in [1.165, 1.54) is 0 Å². The van der Waals surface area contributed by atoms with E-state index in [-0.39, 0.29) is 17.8 Å². The van der Waals surface area contributed by atoms with Crippen LogP contribution < -0.4 is 10.1 Å². The Kier molecular flexibility index (Phi) is 4.72. The molecule has 4 heteroatoms. The van der Waals surface area contributed by atoms with E-state index >= 15 is 0 Å². The zero-order valence-electron chi connectivity index (χ0n) is 12.0. The summed E-state index contributed by atoms with van der Waals surface area (Å²) in [5.74, 6) is -0.174. The van der Waals surface area contributed by atoms with Crippen molar-refractivity contribution in [2.75, 3.05) is 5.32 Å². The molecular weight excluding hydrogens is 266 g/mol. The van der Waals surface area contributed by atoms with Gasteiger partial charge in [0.1, 0.15) is 5.75 Å². The Morgan fingerprint density at radius 1 is 0.952 bits per heavy atom. The molecule has 0 heterocycles. The number of rotatable bonds is 4. The third-order valence-electron chi connectivity index (χ3n) is 2.84. The topological polar surface area (TPSA) is 55.4 Å². The molecule has 21 heavy (non-hydrogen) atoms. The fourth-order valence-corrected chi connectivity index (χ4v) is 1.63. The summed E-state index contributed by atoms with van der Waals surface area (Å²) in [5.41, 5.74) is 1.24. The van der Waals surface area contributed by atoms with E-state index in [0.717, 1.165) is 0 Å². The number of anilines is 1. The average Bonchev–Trinajstić information content (AvgIpc) is 2.50. The zero-order chi connectivity index (χ0) is 15.2. The molecule has 0 saturated heterocycles. The van der Waals surface area contributed by atoms with Crippen molar-refractivity contribution in [2.24, 2.45) is 5.92 Å². The van der Waals surface area contributed by atoms with Gasteiger partial charge in [-0.2, -0.15) is 0 Å². The lowest BCUT2D eigenvalue weighted by molar-refractivity contribution is -0.137. The highest BCUT2D eigenvalue weighted by Gasteiger charge is 2.10. The van der Waals surface area contributed by atoms with Gasteiger partial charge in [0.2, 0.25) is 0 Å². The van der Waals surface area contributed by atoms with Gasteiger partial charge in [0.05, 0.1) is 5.92 Å². The average molecular weight is 283 g/mol. The van der Waals surface area contributed by atoms with Gasteiger partial charge in [0.25, 0.3) is 5.91 Å². The molecule has 2 aromatic carbocycles. The van der Waals surface area contributed by atoms with Crippen molar-refractivity contribution >= 4 is 17.6 Å². The third kappa shape index (κ3) is 4.18. The largest absolute Gasteiger partial charge is 0.426 e. The van der Waals surface area contributed by atoms with Crippen LogP contribution >= 0.6 is 0 Å². The predicted molar refractivity (Wildman–Crippen MR) is 81.3 cm³/mol. The Morgan fingerprint density at radius 3 is 2.14 bits per heavy atom. The highest BCUT2D eigenvalue weighted by Crippen LogP contribution is 2.17. The van der Waals surface area contributed by atoms with Crippen LogP contribution in [0.15, 0.2) is 54.6 Å². The molecule has 2 rings (SSSR count). The summed E-state index contributed by atoms with van der Waals surface area (Å²) in [4.78, 5) is 23.4. The molecule has 0 fully saturated rings. The molecule has 0 bridgehead atoms. The normalized spacial score (nSPS) is 10.2. The van der Waals surface area contributed by atoms with Crippen LogP contribution in [0.1, 0.15) is 24.2 Å². The van der Waals surface area contributed by atoms with Crippen LogP contribution in [0.5, 0.6) is 5.75 Å². The zero-order valence-corrected chi connectivity index (χ0v) is 12.0. The smallest absolute Gasteiger partial charge is 0.313 e. The second kappa shape index (κ2) is 6.70. The summed E-state index contributed by atoms with van der Waals surface area (Å²) in [7, 11) is 0. The minimum Gasteiger partial charge on any atom is -0.426 e. The van der Waals surface area contributed by atoms with Crippen LogP contribution in [0.3, 0.4) is 0 Å². The van der Waals surface area contributed by atoms with Crippen LogP contribution in [0, 0.1) is 5.92 Å². The molecule has 0 saturated carbocycles. The van der Waals surface area contributed by atoms with Crippen molar-refractivity contribution in [1.82, 2.24) is 0 Å². The lowest BCUT2D eigenvalue weighted by atomic mass is 10.2. The molecule has 0 aliphatic heterocycles. The number of carbonyl (C=O) groups excluding carboxylic acids is 2. The molecule has 0 aliphatic carbocycles. The van der Waals surface area contributed by atoms with E-state index in [1.54, 1.807) is 50.2 Å². The van der Waals surface area contributed by atoms with Crippen LogP contribution in [0.2, 0.25) is 0 Å². The van der Waals surface area contributed by atoms with E-state index in [4.69, 9.17) is 4.74 Å². The molecule has 0 atom stereocenters. The number of carbonyl (C=O) groups is 2. The molecule has 0 unspecified atom stereocenters. The summed E-state index contributed by atoms with van der Waals surface area (Å²) in [6.07, 6.45) is 0. The molecule has 0 spiro atoms. The SMILES string of the molecule is CC(C)C(=O)Oc1ccc(NC(=O)c2ccccc2)cc1. The Hall–Kier alpha value is -2.62. The van der Waals surface area contributed by atoms with Gasteiger partial charge in [-0.1, -0.05) is 32.0 Å². The van der Waals surface area contributed by atoms with Crippen LogP contribution in [-0.4, -0.2) is 11.9 Å². The van der Waals surface area contributed by atoms with Gasteiger partial charge in [-0.25, -0.2) is 0 Å². The van der Waals surface area contributed by atoms with Gasteiger partial charge in [0, 0.05) is 11.3 Å². The number of hydrogen-bond donors (Lipinski definition) is 1. The number of amides is 1. The first kappa shape index (κ1) is 14.8. The molecule has 1 N–H and O–H groups in total. The summed E-state index contributed by atoms with van der Waals surface area (Å²) in [5, 5.41) is 2.78. The van der Waals surface area contributed by atoms with Gasteiger partial charge in [0.15, 0.2) is 0 Å². The molecule has 4 nitrogen and oxygen atoms in total. The van der Waals surface area contributed by atoms with Crippen molar-refractivity contribution in [3.63, 3.8) is 0 Å².